The molecule has 0 radical (unpaired) electrons. The second-order valence-electron chi connectivity index (χ2n) is 32.0. The number of para-hydroxylation sites is 3. The molecule has 0 heterocycles. The van der Waals surface area contributed by atoms with Crippen molar-refractivity contribution in [2.45, 2.75) is 0 Å². The van der Waals surface area contributed by atoms with Gasteiger partial charge in [-0.15, -0.1) is 0 Å². The lowest BCUT2D eigenvalue weighted by atomic mass is 9.97. The summed E-state index contributed by atoms with van der Waals surface area (Å²) in [4.78, 5) is 7.02. The first-order chi connectivity index (χ1) is 62.9. The predicted molar refractivity (Wildman–Crippen MR) is 542 cm³/mol. The normalized spacial score (nSPS) is 11.0. The van der Waals surface area contributed by atoms with Crippen LogP contribution in [0.1, 0.15) is 0 Å². The Morgan fingerprint density at radius 2 is 0.307 bits per heavy atom. The van der Waals surface area contributed by atoms with Gasteiger partial charge in [0.25, 0.3) is 0 Å². The van der Waals surface area contributed by atoms with E-state index in [4.69, 9.17) is 0 Å². The SMILES string of the molecule is c1ccc(-c2ccc(N(c3ccc(-c4ccccc4)cc3)c3ccc(-c4ccc5ccc(-c6ccccc6)cc5c4)cc3)cc2)cc1.c1ccc(-c2ccc3ccc(-c4ccc(N(c5ccccc5)c5ccccc5)cc4)cc3c2)cc1.c1ccc(-c2ccc3ccc(-c4ccc(N(c5ccccc5-c5ccccc5)c5cccc6ccccc56)cc4)cc3c2)cc1. The van der Waals surface area contributed by atoms with E-state index in [9.17, 15) is 0 Å². The maximum Gasteiger partial charge on any atom is 0.0540 e. The fourth-order valence-corrected chi connectivity index (χ4v) is 17.4. The summed E-state index contributed by atoms with van der Waals surface area (Å²) in [6, 6.07) is 193. The molecule has 3 heteroatoms. The average molecular weight is 1620 g/mol. The van der Waals surface area contributed by atoms with Gasteiger partial charge in [0.05, 0.1) is 11.4 Å². The van der Waals surface area contributed by atoms with Gasteiger partial charge in [-0.1, -0.05) is 406 Å². The fourth-order valence-electron chi connectivity index (χ4n) is 17.4. The Kier molecular flexibility index (Phi) is 22.9. The molecule has 0 amide bonds. The lowest BCUT2D eigenvalue weighted by molar-refractivity contribution is 1.28. The van der Waals surface area contributed by atoms with E-state index < -0.39 is 0 Å². The molecule has 0 aliphatic carbocycles. The fraction of sp³-hybridized carbons (Fsp3) is 0. The first-order valence-corrected chi connectivity index (χ1v) is 43.5. The van der Waals surface area contributed by atoms with Crippen molar-refractivity contribution in [3.8, 4) is 100 Å². The van der Waals surface area contributed by atoms with Gasteiger partial charge < -0.3 is 14.7 Å². The van der Waals surface area contributed by atoms with Gasteiger partial charge in [-0.3, -0.25) is 0 Å². The molecule has 3 nitrogen and oxygen atoms in total. The monoisotopic (exact) mass is 1620 g/mol. The molecule has 0 saturated heterocycles. The summed E-state index contributed by atoms with van der Waals surface area (Å²) in [7, 11) is 0. The maximum absolute atomic E-state index is 2.40. The zero-order valence-electron chi connectivity index (χ0n) is 70.2. The van der Waals surface area contributed by atoms with Crippen molar-refractivity contribution in [2.24, 2.45) is 0 Å². The molecule has 0 aliphatic heterocycles. The van der Waals surface area contributed by atoms with Crippen molar-refractivity contribution in [1.82, 2.24) is 0 Å². The summed E-state index contributed by atoms with van der Waals surface area (Å²) in [5.41, 5.74) is 32.1. The lowest BCUT2D eigenvalue weighted by Crippen LogP contribution is -2.11. The van der Waals surface area contributed by atoms with E-state index in [1.165, 1.54) is 143 Å². The van der Waals surface area contributed by atoms with Gasteiger partial charge in [-0.05, 0) is 266 Å². The van der Waals surface area contributed by atoms with Crippen LogP contribution in [0.2, 0.25) is 0 Å². The van der Waals surface area contributed by atoms with Gasteiger partial charge in [-0.25, -0.2) is 0 Å². The number of benzene rings is 22. The number of hydrogen-bond donors (Lipinski definition) is 0. The van der Waals surface area contributed by atoms with Crippen LogP contribution in [0.5, 0.6) is 0 Å². The summed E-state index contributed by atoms with van der Waals surface area (Å²) in [5.74, 6) is 0. The van der Waals surface area contributed by atoms with Crippen LogP contribution in [0.4, 0.5) is 51.2 Å². The molecule has 0 bridgehead atoms. The topological polar surface area (TPSA) is 9.72 Å². The third-order valence-electron chi connectivity index (χ3n) is 23.9. The van der Waals surface area contributed by atoms with E-state index in [-0.39, 0.29) is 0 Å². The summed E-state index contributed by atoms with van der Waals surface area (Å²) in [6.45, 7) is 0. The second kappa shape index (κ2) is 36.9. The van der Waals surface area contributed by atoms with Crippen LogP contribution in [-0.4, -0.2) is 0 Å². The molecule has 22 rings (SSSR count). The minimum Gasteiger partial charge on any atom is -0.311 e. The van der Waals surface area contributed by atoms with Gasteiger partial charge in [0.1, 0.15) is 0 Å². The van der Waals surface area contributed by atoms with Crippen LogP contribution >= 0.6 is 0 Å². The van der Waals surface area contributed by atoms with E-state index in [0.29, 0.717) is 0 Å². The first kappa shape index (κ1) is 78.8. The highest BCUT2D eigenvalue weighted by atomic mass is 15.2. The smallest absolute Gasteiger partial charge is 0.0540 e. The van der Waals surface area contributed by atoms with Crippen LogP contribution in [0.3, 0.4) is 0 Å². The maximum atomic E-state index is 2.40. The van der Waals surface area contributed by atoms with Crippen molar-refractivity contribution >= 4 is 94.3 Å². The predicted octanol–water partition coefficient (Wildman–Crippen LogP) is 35.1. The molecule has 600 valence electrons. The molecule has 22 aromatic rings. The highest BCUT2D eigenvalue weighted by molar-refractivity contribution is 6.02. The van der Waals surface area contributed by atoms with E-state index in [2.05, 4.69) is 555 Å². The molecular weight excluding hydrogens is 1530 g/mol. The number of rotatable bonds is 18. The van der Waals surface area contributed by atoms with Gasteiger partial charge in [0.2, 0.25) is 0 Å². The molecule has 127 heavy (non-hydrogen) atoms. The van der Waals surface area contributed by atoms with Crippen LogP contribution in [0, 0.1) is 0 Å². The molecule has 0 aromatic heterocycles. The Morgan fingerprint density at radius 1 is 0.102 bits per heavy atom. The summed E-state index contributed by atoms with van der Waals surface area (Å²) in [5, 5.41) is 9.92. The van der Waals surface area contributed by atoms with Crippen LogP contribution in [0.15, 0.2) is 540 Å². The van der Waals surface area contributed by atoms with E-state index >= 15 is 0 Å². The second-order valence-corrected chi connectivity index (χ2v) is 32.0. The average Bonchev–Trinajstić information content (AvgIpc) is 0.770. The highest BCUT2D eigenvalue weighted by Gasteiger charge is 2.21. The molecule has 0 saturated carbocycles. The summed E-state index contributed by atoms with van der Waals surface area (Å²) < 4.78 is 0. The van der Waals surface area contributed by atoms with Crippen molar-refractivity contribution in [2.75, 3.05) is 14.7 Å². The van der Waals surface area contributed by atoms with Crippen molar-refractivity contribution < 1.29 is 0 Å². The van der Waals surface area contributed by atoms with Gasteiger partial charge in [0.15, 0.2) is 0 Å². The molecule has 0 N–H and O–H groups in total. The third-order valence-corrected chi connectivity index (χ3v) is 23.9. The Bertz CT molecular complexity index is 7340. The molecular formula is C124H89N3. The number of fused-ring (bicyclic) bond motifs is 4. The zero-order valence-corrected chi connectivity index (χ0v) is 70.2. The highest BCUT2D eigenvalue weighted by Crippen LogP contribution is 2.46. The third kappa shape index (κ3) is 17.6. The summed E-state index contributed by atoms with van der Waals surface area (Å²) in [6.07, 6.45) is 0. The molecule has 0 fully saturated rings. The Hall–Kier alpha value is -16.7. The lowest BCUT2D eigenvalue weighted by Gasteiger charge is -2.29. The van der Waals surface area contributed by atoms with Crippen molar-refractivity contribution in [3.05, 3.63) is 540 Å². The Morgan fingerprint density at radius 3 is 0.622 bits per heavy atom. The number of anilines is 9. The van der Waals surface area contributed by atoms with Gasteiger partial charge in [-0.2, -0.15) is 0 Å². The van der Waals surface area contributed by atoms with Crippen LogP contribution in [-0.2, 0) is 0 Å². The minimum atomic E-state index is 1.11. The van der Waals surface area contributed by atoms with Crippen LogP contribution in [0.25, 0.3) is 143 Å². The number of hydrogen-bond acceptors (Lipinski definition) is 3. The van der Waals surface area contributed by atoms with Crippen molar-refractivity contribution in [1.29, 1.82) is 0 Å². The molecule has 0 aliphatic rings. The van der Waals surface area contributed by atoms with E-state index in [1.807, 2.05) is 0 Å². The largest absolute Gasteiger partial charge is 0.311 e. The Labute approximate surface area is 743 Å². The summed E-state index contributed by atoms with van der Waals surface area (Å²) >= 11 is 0. The molecule has 22 aromatic carbocycles. The van der Waals surface area contributed by atoms with Gasteiger partial charge >= 0.3 is 0 Å². The molecule has 0 unspecified atom stereocenters. The standard InChI is InChI=1S/C46H33N.C44H31N.C34H25N/c1-4-10-34(11-5-1)37-20-26-44(27-21-37)47(45-28-22-38(23-29-45)35-12-6-2-7-13-35)46-30-24-39(25-31-46)42-19-17-40-16-18-41(32-43(40)33-42)36-14-8-3-9-15-36;1-3-12-32(13-4-1)37-24-22-34-23-25-38(31-39(34)30-37)33-26-28-40(29-27-33)45(44-21-11-17-36-16-7-8-18-42(36)44)43-20-10-9-19-41(43)35-14-5-2-6-15-35;1-4-10-26(11-5-1)29-18-16-28-17-19-30(25-31(28)24-29)27-20-22-34(23-21-27)35(32-12-6-2-7-13-32)33-14-8-3-9-15-33/h1-33H;1-31H;1-25H. The quantitative estimate of drug-likeness (QED) is 0.0848. The minimum absolute atomic E-state index is 1.11. The van der Waals surface area contributed by atoms with Crippen LogP contribution < -0.4 is 14.7 Å². The molecule has 0 spiro atoms. The zero-order chi connectivity index (χ0) is 84.9. The first-order valence-electron chi connectivity index (χ1n) is 43.5. The Balaban J connectivity index is 0.000000121. The van der Waals surface area contributed by atoms with E-state index in [0.717, 1.165) is 51.2 Å². The number of nitrogens with zero attached hydrogens (tertiary/aromatic N) is 3. The van der Waals surface area contributed by atoms with Crippen molar-refractivity contribution in [3.63, 3.8) is 0 Å². The van der Waals surface area contributed by atoms with Gasteiger partial charge in [0, 0.05) is 50.8 Å². The van der Waals surface area contributed by atoms with E-state index in [1.54, 1.807) is 0 Å². The molecule has 0 atom stereocenters.